The molecular weight excluding hydrogens is 298 g/mol. The lowest BCUT2D eigenvalue weighted by molar-refractivity contribution is 0.0940. The van der Waals surface area contributed by atoms with E-state index < -0.39 is 0 Å². The maximum Gasteiger partial charge on any atom is 0.251 e. The Balaban J connectivity index is 2.07. The van der Waals surface area contributed by atoms with E-state index >= 15 is 0 Å². The van der Waals surface area contributed by atoms with Crippen molar-refractivity contribution in [2.45, 2.75) is 13.0 Å². The summed E-state index contributed by atoms with van der Waals surface area (Å²) in [5.41, 5.74) is 1.81. The van der Waals surface area contributed by atoms with Crippen molar-refractivity contribution < 1.29 is 4.79 Å². The molecule has 0 saturated carbocycles. The first-order valence-corrected chi connectivity index (χ1v) is 6.99. The predicted octanol–water partition coefficient (Wildman–Crippen LogP) is 4.00. The predicted molar refractivity (Wildman–Crippen MR) is 74.3 cm³/mol. The van der Waals surface area contributed by atoms with Crippen molar-refractivity contribution in [1.29, 1.82) is 0 Å². The van der Waals surface area contributed by atoms with Crippen LogP contribution in [0.2, 0.25) is 0 Å². The van der Waals surface area contributed by atoms with Crippen LogP contribution in [0.25, 0.3) is 0 Å². The summed E-state index contributed by atoms with van der Waals surface area (Å²) in [6.45, 7) is 1.98. The molecule has 0 bridgehead atoms. The van der Waals surface area contributed by atoms with Gasteiger partial charge in [0.1, 0.15) is 0 Å². The van der Waals surface area contributed by atoms with E-state index in [4.69, 9.17) is 0 Å². The first-order chi connectivity index (χ1) is 8.16. The Morgan fingerprint density at radius 2 is 2.24 bits per heavy atom. The topological polar surface area (TPSA) is 29.1 Å². The number of amides is 1. The molecular formula is C13H12BrNOS. The number of carbonyl (C=O) groups is 1. The molecule has 1 aromatic heterocycles. The van der Waals surface area contributed by atoms with Gasteiger partial charge in [-0.2, -0.15) is 11.3 Å². The van der Waals surface area contributed by atoms with Crippen LogP contribution in [0.15, 0.2) is 45.6 Å². The second kappa shape index (κ2) is 5.47. The fourth-order valence-electron chi connectivity index (χ4n) is 1.51. The molecule has 1 unspecified atom stereocenters. The summed E-state index contributed by atoms with van der Waals surface area (Å²) in [5.74, 6) is -0.0509. The Kier molecular flexibility index (Phi) is 3.97. The van der Waals surface area contributed by atoms with Crippen LogP contribution in [-0.2, 0) is 0 Å². The Morgan fingerprint density at radius 3 is 2.88 bits per heavy atom. The van der Waals surface area contributed by atoms with Gasteiger partial charge >= 0.3 is 0 Å². The zero-order valence-corrected chi connectivity index (χ0v) is 11.7. The summed E-state index contributed by atoms with van der Waals surface area (Å²) >= 11 is 4.99. The fraction of sp³-hybridized carbons (Fsp3) is 0.154. The molecule has 1 N–H and O–H groups in total. The van der Waals surface area contributed by atoms with Crippen LogP contribution in [0.4, 0.5) is 0 Å². The number of benzene rings is 1. The highest BCUT2D eigenvalue weighted by Crippen LogP contribution is 2.17. The van der Waals surface area contributed by atoms with Crippen molar-refractivity contribution in [3.63, 3.8) is 0 Å². The summed E-state index contributed by atoms with van der Waals surface area (Å²) in [6, 6.07) is 9.44. The lowest BCUT2D eigenvalue weighted by atomic mass is 10.1. The van der Waals surface area contributed by atoms with E-state index in [-0.39, 0.29) is 11.9 Å². The molecule has 1 heterocycles. The quantitative estimate of drug-likeness (QED) is 0.912. The molecule has 4 heteroatoms. The standard InChI is InChI=1S/C13H12BrNOS/c1-9(11-5-6-17-8-11)15-13(16)10-3-2-4-12(14)7-10/h2-9H,1H3,(H,15,16). The average Bonchev–Trinajstić information content (AvgIpc) is 2.82. The molecule has 2 rings (SSSR count). The normalized spacial score (nSPS) is 12.1. The molecule has 1 aromatic carbocycles. The van der Waals surface area contributed by atoms with E-state index in [1.165, 1.54) is 0 Å². The molecule has 1 atom stereocenters. The highest BCUT2D eigenvalue weighted by atomic mass is 79.9. The smallest absolute Gasteiger partial charge is 0.251 e. The van der Waals surface area contributed by atoms with Crippen molar-refractivity contribution in [3.05, 3.63) is 56.7 Å². The highest BCUT2D eigenvalue weighted by molar-refractivity contribution is 9.10. The van der Waals surface area contributed by atoms with E-state index in [1.807, 2.05) is 41.9 Å². The number of thiophene rings is 1. The maximum absolute atomic E-state index is 12.0. The van der Waals surface area contributed by atoms with Gasteiger partial charge in [-0.3, -0.25) is 4.79 Å². The Bertz CT molecular complexity index is 510. The van der Waals surface area contributed by atoms with Gasteiger partial charge in [-0.1, -0.05) is 22.0 Å². The van der Waals surface area contributed by atoms with Gasteiger partial charge < -0.3 is 5.32 Å². The summed E-state index contributed by atoms with van der Waals surface area (Å²) in [6.07, 6.45) is 0. The molecule has 0 aliphatic heterocycles. The van der Waals surface area contributed by atoms with Crippen LogP contribution >= 0.6 is 27.3 Å². The number of hydrogen-bond donors (Lipinski definition) is 1. The fourth-order valence-corrected chi connectivity index (χ4v) is 2.67. The minimum Gasteiger partial charge on any atom is -0.345 e. The molecule has 88 valence electrons. The third-order valence-corrected chi connectivity index (χ3v) is 3.67. The molecule has 0 radical (unpaired) electrons. The molecule has 0 saturated heterocycles. The Morgan fingerprint density at radius 1 is 1.41 bits per heavy atom. The zero-order valence-electron chi connectivity index (χ0n) is 9.31. The number of carbonyl (C=O) groups excluding carboxylic acids is 1. The van der Waals surface area contributed by atoms with E-state index in [0.717, 1.165) is 10.0 Å². The number of rotatable bonds is 3. The SMILES string of the molecule is CC(NC(=O)c1cccc(Br)c1)c1ccsc1. The van der Waals surface area contributed by atoms with Gasteiger partial charge in [-0.05, 0) is 47.5 Å². The number of hydrogen-bond acceptors (Lipinski definition) is 2. The van der Waals surface area contributed by atoms with Crippen LogP contribution in [0.1, 0.15) is 28.9 Å². The van der Waals surface area contributed by atoms with E-state index in [9.17, 15) is 4.79 Å². The van der Waals surface area contributed by atoms with Gasteiger partial charge in [-0.25, -0.2) is 0 Å². The molecule has 0 aliphatic rings. The third kappa shape index (κ3) is 3.17. The molecule has 1 amide bonds. The van der Waals surface area contributed by atoms with Crippen molar-refractivity contribution in [2.24, 2.45) is 0 Å². The molecule has 0 spiro atoms. The summed E-state index contributed by atoms with van der Waals surface area (Å²) in [5, 5.41) is 7.03. The van der Waals surface area contributed by atoms with Crippen molar-refractivity contribution in [2.75, 3.05) is 0 Å². The first kappa shape index (κ1) is 12.3. The van der Waals surface area contributed by atoms with Crippen LogP contribution in [-0.4, -0.2) is 5.91 Å². The monoisotopic (exact) mass is 309 g/mol. The van der Waals surface area contributed by atoms with Crippen molar-refractivity contribution in [3.8, 4) is 0 Å². The van der Waals surface area contributed by atoms with Crippen LogP contribution in [0.5, 0.6) is 0 Å². The highest BCUT2D eigenvalue weighted by Gasteiger charge is 2.11. The van der Waals surface area contributed by atoms with E-state index in [2.05, 4.69) is 21.2 Å². The second-order valence-corrected chi connectivity index (χ2v) is 5.46. The van der Waals surface area contributed by atoms with Crippen LogP contribution in [0.3, 0.4) is 0 Å². The number of halogens is 1. The Hall–Kier alpha value is -1.13. The average molecular weight is 310 g/mol. The number of nitrogens with one attached hydrogen (secondary N) is 1. The molecule has 0 aliphatic carbocycles. The molecule has 0 fully saturated rings. The van der Waals surface area contributed by atoms with E-state index in [0.29, 0.717) is 5.56 Å². The van der Waals surface area contributed by atoms with Gasteiger partial charge in [0, 0.05) is 10.0 Å². The Labute approximate surface area is 113 Å². The summed E-state index contributed by atoms with van der Waals surface area (Å²) in [7, 11) is 0. The van der Waals surface area contributed by atoms with Crippen LogP contribution < -0.4 is 5.32 Å². The molecule has 2 aromatic rings. The minimum absolute atomic E-state index is 0.0349. The maximum atomic E-state index is 12.0. The lowest BCUT2D eigenvalue weighted by Gasteiger charge is -2.12. The lowest BCUT2D eigenvalue weighted by Crippen LogP contribution is -2.26. The zero-order chi connectivity index (χ0) is 12.3. The third-order valence-electron chi connectivity index (χ3n) is 2.48. The van der Waals surface area contributed by atoms with Gasteiger partial charge in [0.05, 0.1) is 6.04 Å². The van der Waals surface area contributed by atoms with Gasteiger partial charge in [0.25, 0.3) is 5.91 Å². The van der Waals surface area contributed by atoms with Crippen molar-refractivity contribution in [1.82, 2.24) is 5.32 Å². The van der Waals surface area contributed by atoms with E-state index in [1.54, 1.807) is 17.4 Å². The first-order valence-electron chi connectivity index (χ1n) is 5.25. The van der Waals surface area contributed by atoms with Crippen molar-refractivity contribution >= 4 is 33.2 Å². The minimum atomic E-state index is -0.0509. The summed E-state index contributed by atoms with van der Waals surface area (Å²) < 4.78 is 0.910. The van der Waals surface area contributed by atoms with Gasteiger partial charge in [0.15, 0.2) is 0 Å². The molecule has 17 heavy (non-hydrogen) atoms. The van der Waals surface area contributed by atoms with Crippen LogP contribution in [0, 0.1) is 0 Å². The van der Waals surface area contributed by atoms with Gasteiger partial charge in [-0.15, -0.1) is 0 Å². The molecule has 2 nitrogen and oxygen atoms in total. The summed E-state index contributed by atoms with van der Waals surface area (Å²) in [4.78, 5) is 12.0. The van der Waals surface area contributed by atoms with Gasteiger partial charge in [0.2, 0.25) is 0 Å². The second-order valence-electron chi connectivity index (χ2n) is 3.76. The largest absolute Gasteiger partial charge is 0.345 e.